The molecule has 6 nitrogen and oxygen atoms in total. The van der Waals surface area contributed by atoms with Gasteiger partial charge in [-0.25, -0.2) is 4.79 Å². The van der Waals surface area contributed by atoms with Crippen molar-refractivity contribution in [1.29, 1.82) is 0 Å². The smallest absolute Gasteiger partial charge is 0.408 e. The van der Waals surface area contributed by atoms with Crippen LogP contribution in [0.2, 0.25) is 0 Å². The van der Waals surface area contributed by atoms with Crippen molar-refractivity contribution < 1.29 is 9.21 Å². The molecule has 0 N–H and O–H groups in total. The van der Waals surface area contributed by atoms with Crippen LogP contribution in [0.25, 0.3) is 11.1 Å². The molecular formula is C19H25N3O3. The van der Waals surface area contributed by atoms with E-state index in [4.69, 9.17) is 4.42 Å². The topological polar surface area (TPSA) is 58.7 Å². The normalized spacial score (nSPS) is 19.8. The number of carbonyl (C=O) groups excluding carboxylic acids is 1. The third-order valence-electron chi connectivity index (χ3n) is 5.60. The molecule has 3 heterocycles. The highest BCUT2D eigenvalue weighted by molar-refractivity contribution is 5.77. The molecule has 1 amide bonds. The minimum atomic E-state index is -0.387. The Hall–Kier alpha value is -2.08. The van der Waals surface area contributed by atoms with E-state index in [0.29, 0.717) is 24.6 Å². The highest BCUT2D eigenvalue weighted by atomic mass is 16.4. The second-order valence-electron chi connectivity index (χ2n) is 7.09. The Bertz CT molecular complexity index is 796. The molecule has 0 bridgehead atoms. The summed E-state index contributed by atoms with van der Waals surface area (Å²) in [4.78, 5) is 29.1. The van der Waals surface area contributed by atoms with E-state index in [9.17, 15) is 9.59 Å². The largest absolute Gasteiger partial charge is 0.419 e. The lowest BCUT2D eigenvalue weighted by atomic mass is 10.0. The average Bonchev–Trinajstić information content (AvgIpc) is 3.27. The van der Waals surface area contributed by atoms with Crippen molar-refractivity contribution in [3.63, 3.8) is 0 Å². The van der Waals surface area contributed by atoms with Crippen LogP contribution in [0.3, 0.4) is 0 Å². The maximum Gasteiger partial charge on any atom is 0.419 e. The molecule has 0 radical (unpaired) electrons. The number of amides is 1. The van der Waals surface area contributed by atoms with Gasteiger partial charge in [0.2, 0.25) is 5.91 Å². The van der Waals surface area contributed by atoms with Gasteiger partial charge in [-0.15, -0.1) is 0 Å². The minimum absolute atomic E-state index is 0.136. The van der Waals surface area contributed by atoms with Gasteiger partial charge in [-0.2, -0.15) is 0 Å². The van der Waals surface area contributed by atoms with E-state index in [1.54, 1.807) is 10.6 Å². The summed E-state index contributed by atoms with van der Waals surface area (Å²) < 4.78 is 6.78. The van der Waals surface area contributed by atoms with Gasteiger partial charge < -0.3 is 14.2 Å². The molecule has 6 heteroatoms. The van der Waals surface area contributed by atoms with Crippen molar-refractivity contribution in [2.75, 3.05) is 26.2 Å². The summed E-state index contributed by atoms with van der Waals surface area (Å²) in [7, 11) is 0. The van der Waals surface area contributed by atoms with Gasteiger partial charge in [0, 0.05) is 32.1 Å². The molecule has 4 rings (SSSR count). The van der Waals surface area contributed by atoms with Gasteiger partial charge in [0.25, 0.3) is 0 Å². The molecule has 0 aliphatic carbocycles. The van der Waals surface area contributed by atoms with Crippen LogP contribution < -0.4 is 5.76 Å². The van der Waals surface area contributed by atoms with E-state index in [2.05, 4.69) is 4.90 Å². The number of piperidine rings is 1. The Labute approximate surface area is 147 Å². The summed E-state index contributed by atoms with van der Waals surface area (Å²) in [6.07, 6.45) is 5.11. The number of rotatable bonds is 4. The zero-order valence-corrected chi connectivity index (χ0v) is 14.5. The van der Waals surface area contributed by atoms with E-state index in [0.717, 1.165) is 31.4 Å². The summed E-state index contributed by atoms with van der Waals surface area (Å²) in [6.45, 7) is 4.48. The summed E-state index contributed by atoms with van der Waals surface area (Å²) in [6, 6.07) is 7.99. The number of fused-ring (bicyclic) bond motifs is 1. The van der Waals surface area contributed by atoms with Crippen LogP contribution >= 0.6 is 0 Å². The molecule has 2 aliphatic rings. The fourth-order valence-electron chi connectivity index (χ4n) is 4.18. The third kappa shape index (κ3) is 3.35. The molecule has 2 saturated heterocycles. The van der Waals surface area contributed by atoms with Crippen molar-refractivity contribution in [2.24, 2.45) is 0 Å². The molecule has 2 aliphatic heterocycles. The fraction of sp³-hybridized carbons (Fsp3) is 0.579. The molecule has 2 aromatic rings. The number of hydrogen-bond donors (Lipinski definition) is 0. The van der Waals surface area contributed by atoms with Crippen LogP contribution in [0.5, 0.6) is 0 Å². The lowest BCUT2D eigenvalue weighted by Gasteiger charge is -2.36. The molecule has 0 unspecified atom stereocenters. The van der Waals surface area contributed by atoms with Gasteiger partial charge in [0.1, 0.15) is 0 Å². The molecule has 0 saturated carbocycles. The van der Waals surface area contributed by atoms with Gasteiger partial charge in [-0.3, -0.25) is 9.36 Å². The Kier molecular flexibility index (Phi) is 4.61. The number of oxazole rings is 1. The Morgan fingerprint density at radius 3 is 2.56 bits per heavy atom. The van der Waals surface area contributed by atoms with Crippen LogP contribution in [0.4, 0.5) is 0 Å². The summed E-state index contributed by atoms with van der Waals surface area (Å²) in [5, 5.41) is 0. The number of aromatic nitrogens is 1. The molecule has 134 valence electrons. The Morgan fingerprint density at radius 1 is 1.08 bits per heavy atom. The number of benzene rings is 1. The first kappa shape index (κ1) is 16.4. The van der Waals surface area contributed by atoms with Gasteiger partial charge in [0.05, 0.1) is 5.52 Å². The number of para-hydroxylation sites is 2. The second kappa shape index (κ2) is 7.04. The highest BCUT2D eigenvalue weighted by Crippen LogP contribution is 2.21. The molecule has 25 heavy (non-hydrogen) atoms. The first-order valence-electron chi connectivity index (χ1n) is 9.32. The van der Waals surface area contributed by atoms with Crippen LogP contribution in [-0.4, -0.2) is 52.5 Å². The van der Waals surface area contributed by atoms with Crippen molar-refractivity contribution in [1.82, 2.24) is 14.4 Å². The monoisotopic (exact) mass is 343 g/mol. The molecule has 0 spiro atoms. The van der Waals surface area contributed by atoms with E-state index >= 15 is 0 Å². The Morgan fingerprint density at radius 2 is 1.80 bits per heavy atom. The van der Waals surface area contributed by atoms with Crippen molar-refractivity contribution in [3.05, 3.63) is 34.8 Å². The maximum atomic E-state index is 12.5. The minimum Gasteiger partial charge on any atom is -0.408 e. The van der Waals surface area contributed by atoms with Crippen LogP contribution in [0, 0.1) is 0 Å². The molecule has 2 fully saturated rings. The van der Waals surface area contributed by atoms with Crippen molar-refractivity contribution in [3.8, 4) is 0 Å². The first-order chi connectivity index (χ1) is 12.2. The summed E-state index contributed by atoms with van der Waals surface area (Å²) in [5.74, 6) is -0.251. The van der Waals surface area contributed by atoms with Crippen LogP contribution in [0.15, 0.2) is 33.5 Å². The fourth-order valence-corrected chi connectivity index (χ4v) is 4.18. The second-order valence-corrected chi connectivity index (χ2v) is 7.09. The average molecular weight is 343 g/mol. The quantitative estimate of drug-likeness (QED) is 0.853. The standard InChI is InChI=1S/C19H25N3O3/c23-18(21-12-7-15(8-13-21)20-10-3-4-11-20)9-14-22-16-5-1-2-6-17(16)25-19(22)24/h1-2,5-6,15H,3-4,7-14H2. The molecule has 1 aromatic heterocycles. The number of hydrogen-bond acceptors (Lipinski definition) is 4. The third-order valence-corrected chi connectivity index (χ3v) is 5.60. The molecule has 1 aromatic carbocycles. The molecule has 0 atom stereocenters. The highest BCUT2D eigenvalue weighted by Gasteiger charge is 2.28. The number of nitrogens with zero attached hydrogens (tertiary/aromatic N) is 3. The number of aryl methyl sites for hydroxylation is 1. The zero-order valence-electron chi connectivity index (χ0n) is 14.5. The van der Waals surface area contributed by atoms with Gasteiger partial charge in [-0.05, 0) is 50.9 Å². The lowest BCUT2D eigenvalue weighted by Crippen LogP contribution is -2.46. The van der Waals surface area contributed by atoms with Gasteiger partial charge in [0.15, 0.2) is 5.58 Å². The first-order valence-corrected chi connectivity index (χ1v) is 9.32. The maximum absolute atomic E-state index is 12.5. The van der Waals surface area contributed by atoms with E-state index in [1.165, 1.54) is 25.9 Å². The van der Waals surface area contributed by atoms with E-state index < -0.39 is 0 Å². The summed E-state index contributed by atoms with van der Waals surface area (Å²) in [5.41, 5.74) is 1.33. The van der Waals surface area contributed by atoms with Gasteiger partial charge >= 0.3 is 5.76 Å². The van der Waals surface area contributed by atoms with Crippen LogP contribution in [0.1, 0.15) is 32.1 Å². The molecular weight excluding hydrogens is 318 g/mol. The van der Waals surface area contributed by atoms with E-state index in [1.807, 2.05) is 23.1 Å². The zero-order chi connectivity index (χ0) is 17.2. The van der Waals surface area contributed by atoms with Crippen LogP contribution in [-0.2, 0) is 11.3 Å². The number of carbonyl (C=O) groups is 1. The van der Waals surface area contributed by atoms with Crippen molar-refractivity contribution in [2.45, 2.75) is 44.7 Å². The Balaban J connectivity index is 1.33. The summed E-state index contributed by atoms with van der Waals surface area (Å²) >= 11 is 0. The number of likely N-dealkylation sites (tertiary alicyclic amines) is 2. The predicted octanol–water partition coefficient (Wildman–Crippen LogP) is 2.07. The van der Waals surface area contributed by atoms with E-state index in [-0.39, 0.29) is 11.7 Å². The predicted molar refractivity (Wildman–Crippen MR) is 95.5 cm³/mol. The lowest BCUT2D eigenvalue weighted by molar-refractivity contribution is -0.133. The van der Waals surface area contributed by atoms with Gasteiger partial charge in [-0.1, -0.05) is 12.1 Å². The SMILES string of the molecule is O=C(CCn1c(=O)oc2ccccc21)N1CCC(N2CCCC2)CC1. The van der Waals surface area contributed by atoms with Crippen molar-refractivity contribution >= 4 is 17.0 Å².